The van der Waals surface area contributed by atoms with Gasteiger partial charge in [0.2, 0.25) is 0 Å². The summed E-state index contributed by atoms with van der Waals surface area (Å²) >= 11 is 0. The van der Waals surface area contributed by atoms with Crippen LogP contribution in [0.1, 0.15) is 12.0 Å². The number of rotatable bonds is 7. The molecule has 0 saturated carbocycles. The Hall–Kier alpha value is -4.76. The Bertz CT molecular complexity index is 1960. The molecule has 2 aromatic heterocycles. The molecule has 1 N–H and O–H groups in total. The summed E-state index contributed by atoms with van der Waals surface area (Å²) in [6.07, 6.45) is 2.24. The number of nitrogens with zero attached hydrogens (tertiary/aromatic N) is 5. The first-order chi connectivity index (χ1) is 21.5. The fourth-order valence-electron chi connectivity index (χ4n) is 5.80. The third-order valence-electron chi connectivity index (χ3n) is 8.06. The standard InChI is InChI=1S/C33H30N6O4S/c34-20-25-18-24(8-11-31(25)43-27-12-13-35-21-27)32-29-19-30(23-6-9-26(10-7-23)38-14-16-42-17-15-38)39(33(29)37-22-36-32)44(40,41)28-4-2-1-3-5-28/h1-11,18-19,22,27,35H,12-17,21H2/t27-/m1/s1. The minimum Gasteiger partial charge on any atom is -0.488 e. The maximum atomic E-state index is 14.2. The smallest absolute Gasteiger partial charge is 0.269 e. The van der Waals surface area contributed by atoms with Gasteiger partial charge in [-0.3, -0.25) is 0 Å². The van der Waals surface area contributed by atoms with Gasteiger partial charge >= 0.3 is 0 Å². The second-order valence-electron chi connectivity index (χ2n) is 10.8. The van der Waals surface area contributed by atoms with Crippen LogP contribution in [0.3, 0.4) is 0 Å². The lowest BCUT2D eigenvalue weighted by Crippen LogP contribution is -2.36. The number of aromatic nitrogens is 3. The van der Waals surface area contributed by atoms with Crippen LogP contribution in [0.5, 0.6) is 5.75 Å². The molecule has 7 rings (SSSR count). The van der Waals surface area contributed by atoms with Crippen molar-refractivity contribution >= 4 is 26.7 Å². The van der Waals surface area contributed by atoms with Gasteiger partial charge in [-0.2, -0.15) is 5.26 Å². The largest absolute Gasteiger partial charge is 0.488 e. The van der Waals surface area contributed by atoms with Crippen LogP contribution in [0.4, 0.5) is 5.69 Å². The van der Waals surface area contributed by atoms with Crippen molar-refractivity contribution in [2.45, 2.75) is 17.4 Å². The fraction of sp³-hybridized carbons (Fsp3) is 0.242. The van der Waals surface area contributed by atoms with Crippen molar-refractivity contribution in [3.05, 3.63) is 90.8 Å². The van der Waals surface area contributed by atoms with Gasteiger partial charge in [0.1, 0.15) is 24.3 Å². The highest BCUT2D eigenvalue weighted by Crippen LogP contribution is 2.37. The Kier molecular flexibility index (Phi) is 7.47. The number of anilines is 1. The van der Waals surface area contributed by atoms with Gasteiger partial charge in [0.15, 0.2) is 5.65 Å². The summed E-state index contributed by atoms with van der Waals surface area (Å²) in [6.45, 7) is 4.56. The third-order valence-corrected chi connectivity index (χ3v) is 9.78. The number of morpholine rings is 1. The molecule has 0 spiro atoms. The summed E-state index contributed by atoms with van der Waals surface area (Å²) in [4.78, 5) is 11.4. The lowest BCUT2D eigenvalue weighted by molar-refractivity contribution is 0.122. The monoisotopic (exact) mass is 606 g/mol. The van der Waals surface area contributed by atoms with E-state index in [1.54, 1.807) is 42.5 Å². The second-order valence-corrected chi connectivity index (χ2v) is 12.6. The van der Waals surface area contributed by atoms with Crippen molar-refractivity contribution < 1.29 is 17.9 Å². The average Bonchev–Trinajstić information content (AvgIpc) is 3.74. The SMILES string of the molecule is N#Cc1cc(-c2ncnc3c2cc(-c2ccc(N4CCOCC4)cc2)n3S(=O)(=O)c2ccccc2)ccc1O[C@@H]1CCNC1. The summed E-state index contributed by atoms with van der Waals surface area (Å²) < 4.78 is 41.3. The lowest BCUT2D eigenvalue weighted by Gasteiger charge is -2.28. The van der Waals surface area contributed by atoms with Gasteiger partial charge in [0.25, 0.3) is 10.0 Å². The van der Waals surface area contributed by atoms with Gasteiger partial charge in [-0.15, -0.1) is 0 Å². The molecular formula is C33H30N6O4S. The summed E-state index contributed by atoms with van der Waals surface area (Å²) in [7, 11) is -4.04. The van der Waals surface area contributed by atoms with Crippen LogP contribution in [0, 0.1) is 11.3 Å². The molecule has 0 amide bonds. The van der Waals surface area contributed by atoms with E-state index in [0.717, 1.165) is 43.9 Å². The van der Waals surface area contributed by atoms with E-state index in [-0.39, 0.29) is 16.6 Å². The maximum Gasteiger partial charge on any atom is 0.269 e. The van der Waals surface area contributed by atoms with E-state index in [4.69, 9.17) is 9.47 Å². The van der Waals surface area contributed by atoms with E-state index in [1.807, 2.05) is 36.4 Å². The molecule has 11 heteroatoms. The van der Waals surface area contributed by atoms with Crippen LogP contribution in [0.25, 0.3) is 33.5 Å². The van der Waals surface area contributed by atoms with Crippen molar-refractivity contribution in [3.63, 3.8) is 0 Å². The molecule has 1 atom stereocenters. The lowest BCUT2D eigenvalue weighted by atomic mass is 10.0. The zero-order valence-electron chi connectivity index (χ0n) is 23.9. The summed E-state index contributed by atoms with van der Waals surface area (Å²) in [5.41, 5.74) is 4.05. The van der Waals surface area contributed by atoms with Gasteiger partial charge < -0.3 is 19.7 Å². The van der Waals surface area contributed by atoms with Crippen LogP contribution in [-0.4, -0.2) is 67.9 Å². The van der Waals surface area contributed by atoms with Crippen molar-refractivity contribution in [1.29, 1.82) is 5.26 Å². The molecule has 2 aliphatic rings. The van der Waals surface area contributed by atoms with Gasteiger partial charge in [0, 0.05) is 36.3 Å². The predicted molar refractivity (Wildman–Crippen MR) is 167 cm³/mol. The predicted octanol–water partition coefficient (Wildman–Crippen LogP) is 4.45. The van der Waals surface area contributed by atoms with E-state index >= 15 is 0 Å². The highest BCUT2D eigenvalue weighted by atomic mass is 32.2. The zero-order chi connectivity index (χ0) is 30.1. The van der Waals surface area contributed by atoms with Gasteiger partial charge in [-0.05, 0) is 67.1 Å². The Labute approximate surface area is 255 Å². The van der Waals surface area contributed by atoms with Crippen molar-refractivity contribution in [1.82, 2.24) is 19.3 Å². The van der Waals surface area contributed by atoms with E-state index < -0.39 is 10.0 Å². The molecule has 5 aromatic rings. The Morgan fingerprint density at radius 2 is 1.73 bits per heavy atom. The molecule has 0 aliphatic carbocycles. The van der Waals surface area contributed by atoms with E-state index in [2.05, 4.69) is 26.3 Å². The highest BCUT2D eigenvalue weighted by molar-refractivity contribution is 7.90. The van der Waals surface area contributed by atoms with Crippen LogP contribution in [0.15, 0.2) is 90.1 Å². The molecule has 2 fully saturated rings. The minimum atomic E-state index is -4.04. The summed E-state index contributed by atoms with van der Waals surface area (Å²) in [5, 5.41) is 13.8. The molecule has 3 aromatic carbocycles. The first-order valence-corrected chi connectivity index (χ1v) is 16.0. The highest BCUT2D eigenvalue weighted by Gasteiger charge is 2.27. The maximum absolute atomic E-state index is 14.2. The number of nitrogens with one attached hydrogen (secondary N) is 1. The Balaban J connectivity index is 1.37. The zero-order valence-corrected chi connectivity index (χ0v) is 24.7. The van der Waals surface area contributed by atoms with Crippen LogP contribution in [0.2, 0.25) is 0 Å². The number of hydrogen-bond acceptors (Lipinski definition) is 9. The van der Waals surface area contributed by atoms with Crippen LogP contribution in [-0.2, 0) is 14.8 Å². The quantitative estimate of drug-likeness (QED) is 0.286. The number of nitriles is 1. The first kappa shape index (κ1) is 28.0. The molecule has 0 bridgehead atoms. The first-order valence-electron chi connectivity index (χ1n) is 14.5. The number of hydrogen-bond donors (Lipinski definition) is 1. The normalized spacial score (nSPS) is 17.1. The number of fused-ring (bicyclic) bond motifs is 1. The number of benzene rings is 3. The summed E-state index contributed by atoms with van der Waals surface area (Å²) in [5.74, 6) is 0.514. The topological polar surface area (TPSA) is 122 Å². The molecule has 0 unspecified atom stereocenters. The molecule has 0 radical (unpaired) electrons. The Morgan fingerprint density at radius 3 is 2.45 bits per heavy atom. The Morgan fingerprint density at radius 1 is 0.955 bits per heavy atom. The van der Waals surface area contributed by atoms with E-state index in [1.165, 1.54) is 10.3 Å². The van der Waals surface area contributed by atoms with Crippen molar-refractivity contribution in [3.8, 4) is 34.3 Å². The summed E-state index contributed by atoms with van der Waals surface area (Å²) in [6, 6.07) is 25.6. The van der Waals surface area contributed by atoms with Crippen molar-refractivity contribution in [2.75, 3.05) is 44.3 Å². The molecular weight excluding hydrogens is 576 g/mol. The number of ether oxygens (including phenoxy) is 2. The van der Waals surface area contributed by atoms with Crippen LogP contribution < -0.4 is 15.0 Å². The molecule has 2 aliphatic heterocycles. The van der Waals surface area contributed by atoms with E-state index in [9.17, 15) is 13.7 Å². The molecule has 222 valence electrons. The molecule has 4 heterocycles. The van der Waals surface area contributed by atoms with E-state index in [0.29, 0.717) is 46.9 Å². The van der Waals surface area contributed by atoms with Gasteiger partial charge in [-0.25, -0.2) is 22.4 Å². The van der Waals surface area contributed by atoms with Gasteiger partial charge in [-0.1, -0.05) is 30.3 Å². The second kappa shape index (κ2) is 11.7. The van der Waals surface area contributed by atoms with Gasteiger partial charge in [0.05, 0.1) is 35.1 Å². The van der Waals surface area contributed by atoms with Crippen LogP contribution >= 0.6 is 0 Å². The molecule has 2 saturated heterocycles. The fourth-order valence-corrected chi connectivity index (χ4v) is 7.30. The minimum absolute atomic E-state index is 0.00752. The third kappa shape index (κ3) is 5.17. The average molecular weight is 607 g/mol. The molecule has 10 nitrogen and oxygen atoms in total. The van der Waals surface area contributed by atoms with Crippen molar-refractivity contribution in [2.24, 2.45) is 0 Å². The molecule has 44 heavy (non-hydrogen) atoms.